The molecule has 3 aromatic rings. The third-order valence-electron chi connectivity index (χ3n) is 6.39. The number of esters is 2. The first-order chi connectivity index (χ1) is 16.6. The lowest BCUT2D eigenvalue weighted by molar-refractivity contribution is -0.194. The molecule has 0 spiro atoms. The molecule has 4 rings (SSSR count). The number of benzene rings is 3. The van der Waals surface area contributed by atoms with Crippen LogP contribution in [0, 0.1) is 5.92 Å². The Hall–Kier alpha value is -3.44. The molecule has 0 aliphatic carbocycles. The van der Waals surface area contributed by atoms with Crippen LogP contribution in [0.5, 0.6) is 0 Å². The van der Waals surface area contributed by atoms with Crippen LogP contribution in [0.2, 0.25) is 0 Å². The first-order valence-corrected chi connectivity index (χ1v) is 11.7. The molecule has 0 saturated carbocycles. The highest BCUT2D eigenvalue weighted by atomic mass is 16.6. The molecule has 34 heavy (non-hydrogen) atoms. The molecule has 1 fully saturated rings. The van der Waals surface area contributed by atoms with Gasteiger partial charge in [0.15, 0.2) is 0 Å². The lowest BCUT2D eigenvalue weighted by Crippen LogP contribution is -2.49. The Morgan fingerprint density at radius 2 is 1.32 bits per heavy atom. The van der Waals surface area contributed by atoms with E-state index in [2.05, 4.69) is 36.4 Å². The van der Waals surface area contributed by atoms with Gasteiger partial charge in [-0.2, -0.15) is 0 Å². The average molecular weight is 459 g/mol. The quantitative estimate of drug-likeness (QED) is 0.223. The summed E-state index contributed by atoms with van der Waals surface area (Å²) in [5.74, 6) is -0.793. The van der Waals surface area contributed by atoms with Gasteiger partial charge in [0.05, 0.1) is 13.7 Å². The summed E-state index contributed by atoms with van der Waals surface area (Å²) in [5, 5.41) is 0. The number of hydrogen-bond donors (Lipinski definition) is 0. The number of rotatable bonds is 11. The van der Waals surface area contributed by atoms with Crippen LogP contribution in [0.3, 0.4) is 0 Å². The van der Waals surface area contributed by atoms with Crippen molar-refractivity contribution in [1.82, 2.24) is 0 Å². The second kappa shape index (κ2) is 11.1. The highest BCUT2D eigenvalue weighted by Gasteiger charge is 2.45. The highest BCUT2D eigenvalue weighted by molar-refractivity contribution is 5.78. The standard InChI is InChI=1S/C29H30O5/c1-32-27(30)20-12-11-19-26-25(28(31)34-26)21-33-29(22-13-5-2-6-14-22,23-15-7-3-8-16-23)24-17-9-4-10-18-24/h2-10,13-18,25-26H,11-12,19-21H2,1H3/t25-,26+/m0/s1. The van der Waals surface area contributed by atoms with Crippen molar-refractivity contribution in [3.05, 3.63) is 108 Å². The predicted octanol–water partition coefficient (Wildman–Crippen LogP) is 5.27. The van der Waals surface area contributed by atoms with Crippen LogP contribution in [0.15, 0.2) is 91.0 Å². The summed E-state index contributed by atoms with van der Waals surface area (Å²) in [7, 11) is 1.39. The zero-order chi connectivity index (χ0) is 23.8. The van der Waals surface area contributed by atoms with Gasteiger partial charge in [0.25, 0.3) is 0 Å². The van der Waals surface area contributed by atoms with Crippen molar-refractivity contribution in [2.24, 2.45) is 5.92 Å². The van der Waals surface area contributed by atoms with E-state index in [1.165, 1.54) is 7.11 Å². The average Bonchev–Trinajstić information content (AvgIpc) is 2.89. The van der Waals surface area contributed by atoms with E-state index < -0.39 is 5.60 Å². The van der Waals surface area contributed by atoms with E-state index in [1.807, 2.05) is 54.6 Å². The van der Waals surface area contributed by atoms with E-state index in [1.54, 1.807) is 0 Å². The van der Waals surface area contributed by atoms with E-state index in [9.17, 15) is 9.59 Å². The van der Waals surface area contributed by atoms with Crippen LogP contribution >= 0.6 is 0 Å². The first kappa shape index (κ1) is 23.7. The summed E-state index contributed by atoms with van der Waals surface area (Å²) < 4.78 is 16.9. The summed E-state index contributed by atoms with van der Waals surface area (Å²) in [6.07, 6.45) is 2.36. The van der Waals surface area contributed by atoms with Crippen LogP contribution in [0.4, 0.5) is 0 Å². The summed E-state index contributed by atoms with van der Waals surface area (Å²) in [4.78, 5) is 23.7. The van der Waals surface area contributed by atoms with Gasteiger partial charge in [-0.05, 0) is 36.0 Å². The van der Waals surface area contributed by atoms with E-state index in [4.69, 9.17) is 14.2 Å². The molecule has 1 heterocycles. The minimum atomic E-state index is -0.866. The van der Waals surface area contributed by atoms with Gasteiger partial charge in [0.2, 0.25) is 0 Å². The van der Waals surface area contributed by atoms with Crippen molar-refractivity contribution in [1.29, 1.82) is 0 Å². The SMILES string of the molecule is COC(=O)CCCC[C@H]1OC(=O)[C@H]1COC(c1ccccc1)(c1ccccc1)c1ccccc1. The lowest BCUT2D eigenvalue weighted by Gasteiger charge is -2.40. The number of carbonyl (C=O) groups excluding carboxylic acids is 2. The predicted molar refractivity (Wildman–Crippen MR) is 129 cm³/mol. The number of cyclic esters (lactones) is 1. The molecule has 3 aromatic carbocycles. The maximum atomic E-state index is 12.4. The molecular formula is C29H30O5. The van der Waals surface area contributed by atoms with Gasteiger partial charge in [0.1, 0.15) is 17.6 Å². The van der Waals surface area contributed by atoms with Crippen molar-refractivity contribution in [2.75, 3.05) is 13.7 Å². The van der Waals surface area contributed by atoms with Crippen LogP contribution in [0.25, 0.3) is 0 Å². The molecule has 0 N–H and O–H groups in total. The van der Waals surface area contributed by atoms with Gasteiger partial charge < -0.3 is 14.2 Å². The number of unbranched alkanes of at least 4 members (excludes halogenated alkanes) is 1. The maximum Gasteiger partial charge on any atom is 0.315 e. The van der Waals surface area contributed by atoms with Crippen LogP contribution < -0.4 is 0 Å². The van der Waals surface area contributed by atoms with Crippen molar-refractivity contribution in [3.63, 3.8) is 0 Å². The smallest absolute Gasteiger partial charge is 0.315 e. The van der Waals surface area contributed by atoms with E-state index >= 15 is 0 Å². The van der Waals surface area contributed by atoms with Crippen molar-refractivity contribution in [3.8, 4) is 0 Å². The molecule has 176 valence electrons. The molecule has 0 bridgehead atoms. The van der Waals surface area contributed by atoms with E-state index in [-0.39, 0.29) is 30.6 Å². The number of methoxy groups -OCH3 is 1. The van der Waals surface area contributed by atoms with Crippen LogP contribution in [-0.2, 0) is 29.4 Å². The monoisotopic (exact) mass is 458 g/mol. The molecule has 1 aliphatic heterocycles. The Bertz CT molecular complexity index is 969. The normalized spacial score (nSPS) is 17.5. The fourth-order valence-corrected chi connectivity index (χ4v) is 4.53. The molecular weight excluding hydrogens is 428 g/mol. The molecule has 0 unspecified atom stereocenters. The van der Waals surface area contributed by atoms with Gasteiger partial charge in [-0.3, -0.25) is 9.59 Å². The Balaban J connectivity index is 1.58. The Labute approximate surface area is 200 Å². The van der Waals surface area contributed by atoms with Crippen molar-refractivity contribution < 1.29 is 23.8 Å². The molecule has 5 nitrogen and oxygen atoms in total. The molecule has 0 aromatic heterocycles. The Morgan fingerprint density at radius 3 is 1.76 bits per heavy atom. The Morgan fingerprint density at radius 1 is 0.824 bits per heavy atom. The number of hydrogen-bond acceptors (Lipinski definition) is 5. The fourth-order valence-electron chi connectivity index (χ4n) is 4.53. The zero-order valence-corrected chi connectivity index (χ0v) is 19.4. The summed E-state index contributed by atoms with van der Waals surface area (Å²) in [6, 6.07) is 30.3. The summed E-state index contributed by atoms with van der Waals surface area (Å²) in [5.41, 5.74) is 2.12. The fraction of sp³-hybridized carbons (Fsp3) is 0.310. The third kappa shape index (κ3) is 5.05. The van der Waals surface area contributed by atoms with Gasteiger partial charge in [-0.1, -0.05) is 91.0 Å². The molecule has 1 aliphatic rings. The molecule has 1 saturated heterocycles. The zero-order valence-electron chi connectivity index (χ0n) is 19.4. The van der Waals surface area contributed by atoms with Gasteiger partial charge in [-0.25, -0.2) is 0 Å². The molecule has 2 atom stereocenters. The minimum absolute atomic E-state index is 0.204. The second-order valence-electron chi connectivity index (χ2n) is 8.49. The first-order valence-electron chi connectivity index (χ1n) is 11.7. The van der Waals surface area contributed by atoms with Crippen molar-refractivity contribution >= 4 is 11.9 Å². The molecule has 5 heteroatoms. The van der Waals surface area contributed by atoms with Gasteiger partial charge >= 0.3 is 11.9 Å². The summed E-state index contributed by atoms with van der Waals surface area (Å²) >= 11 is 0. The summed E-state index contributed by atoms with van der Waals surface area (Å²) in [6.45, 7) is 0.235. The third-order valence-corrected chi connectivity index (χ3v) is 6.39. The minimum Gasteiger partial charge on any atom is -0.469 e. The number of carbonyl (C=O) groups is 2. The Kier molecular flexibility index (Phi) is 7.76. The van der Waals surface area contributed by atoms with Crippen molar-refractivity contribution in [2.45, 2.75) is 37.4 Å². The maximum absolute atomic E-state index is 12.4. The second-order valence-corrected chi connectivity index (χ2v) is 8.49. The van der Waals surface area contributed by atoms with Crippen LogP contribution in [-0.4, -0.2) is 31.8 Å². The van der Waals surface area contributed by atoms with E-state index in [0.29, 0.717) is 19.3 Å². The van der Waals surface area contributed by atoms with Gasteiger partial charge in [0, 0.05) is 6.42 Å². The highest BCUT2D eigenvalue weighted by Crippen LogP contribution is 2.42. The number of ether oxygens (including phenoxy) is 3. The largest absolute Gasteiger partial charge is 0.469 e. The molecule has 0 radical (unpaired) electrons. The van der Waals surface area contributed by atoms with Crippen LogP contribution in [0.1, 0.15) is 42.4 Å². The topological polar surface area (TPSA) is 61.8 Å². The van der Waals surface area contributed by atoms with Gasteiger partial charge in [-0.15, -0.1) is 0 Å². The van der Waals surface area contributed by atoms with E-state index in [0.717, 1.165) is 23.1 Å². The molecule has 0 amide bonds. The lowest BCUT2D eigenvalue weighted by atomic mass is 9.79.